The van der Waals surface area contributed by atoms with Gasteiger partial charge in [-0.25, -0.2) is 14.8 Å². The molecule has 32 heavy (non-hydrogen) atoms. The average molecular weight is 428 g/mol. The highest BCUT2D eigenvalue weighted by Crippen LogP contribution is 2.32. The van der Waals surface area contributed by atoms with Gasteiger partial charge < -0.3 is 21.1 Å². The first-order valence-electron chi connectivity index (χ1n) is 10.3. The van der Waals surface area contributed by atoms with Crippen LogP contribution in [0.15, 0.2) is 60.9 Å². The van der Waals surface area contributed by atoms with Gasteiger partial charge in [0.1, 0.15) is 24.0 Å². The largest absolute Gasteiger partial charge is 0.488 e. The van der Waals surface area contributed by atoms with Gasteiger partial charge >= 0.3 is 6.03 Å². The molecule has 0 aliphatic carbocycles. The SMILES string of the molecule is CCc1ncc(Nc2cc(COc3ccc(NC(N)=O)c4ccccc34)ccn2)nc1C. The molecule has 0 atom stereocenters. The fourth-order valence-corrected chi connectivity index (χ4v) is 3.48. The van der Waals surface area contributed by atoms with Crippen LogP contribution in [0, 0.1) is 6.92 Å². The van der Waals surface area contributed by atoms with E-state index in [9.17, 15) is 4.79 Å². The molecule has 0 saturated carbocycles. The standard InChI is InChI=1S/C24H24N6O2/c1-3-19-15(2)28-23(13-27-19)30-22-12-16(10-11-26-22)14-32-21-9-8-20(29-24(25)31)17-6-4-5-7-18(17)21/h4-13H,3,14H2,1-2H3,(H3,25,29,31)(H,26,28,30). The van der Waals surface area contributed by atoms with Gasteiger partial charge in [0.25, 0.3) is 0 Å². The fourth-order valence-electron chi connectivity index (χ4n) is 3.48. The Morgan fingerprint density at radius 2 is 1.88 bits per heavy atom. The topological polar surface area (TPSA) is 115 Å². The number of hydrogen-bond donors (Lipinski definition) is 3. The van der Waals surface area contributed by atoms with Crippen molar-refractivity contribution < 1.29 is 9.53 Å². The Hall–Kier alpha value is -4.20. The number of primary amides is 1. The van der Waals surface area contributed by atoms with E-state index in [1.165, 1.54) is 0 Å². The molecule has 8 nitrogen and oxygen atoms in total. The maximum absolute atomic E-state index is 11.3. The predicted octanol–water partition coefficient (Wildman–Crippen LogP) is 4.71. The zero-order chi connectivity index (χ0) is 22.5. The van der Waals surface area contributed by atoms with Crippen LogP contribution in [-0.2, 0) is 13.0 Å². The van der Waals surface area contributed by atoms with E-state index in [0.717, 1.165) is 34.1 Å². The quantitative estimate of drug-likeness (QED) is 0.393. The van der Waals surface area contributed by atoms with Gasteiger partial charge in [0.2, 0.25) is 0 Å². The highest BCUT2D eigenvalue weighted by atomic mass is 16.5. The Kier molecular flexibility index (Phi) is 6.12. The highest BCUT2D eigenvalue weighted by molar-refractivity contribution is 6.03. The molecule has 0 saturated heterocycles. The number of rotatable bonds is 7. The summed E-state index contributed by atoms with van der Waals surface area (Å²) in [6, 6.07) is 14.5. The Labute approximate surface area is 185 Å². The Morgan fingerprint density at radius 1 is 1.06 bits per heavy atom. The van der Waals surface area contributed by atoms with Gasteiger partial charge in [0.05, 0.1) is 23.3 Å². The molecule has 0 spiro atoms. The smallest absolute Gasteiger partial charge is 0.316 e. The van der Waals surface area contributed by atoms with Crippen molar-refractivity contribution in [1.82, 2.24) is 15.0 Å². The van der Waals surface area contributed by atoms with Gasteiger partial charge in [0.15, 0.2) is 0 Å². The maximum Gasteiger partial charge on any atom is 0.316 e. The van der Waals surface area contributed by atoms with Crippen LogP contribution in [0.3, 0.4) is 0 Å². The molecule has 0 fully saturated rings. The van der Waals surface area contributed by atoms with E-state index in [1.807, 2.05) is 49.4 Å². The minimum atomic E-state index is -0.607. The van der Waals surface area contributed by atoms with Crippen LogP contribution in [-0.4, -0.2) is 21.0 Å². The van der Waals surface area contributed by atoms with Gasteiger partial charge in [-0.2, -0.15) is 0 Å². The predicted molar refractivity (Wildman–Crippen MR) is 125 cm³/mol. The van der Waals surface area contributed by atoms with Crippen molar-refractivity contribution in [2.75, 3.05) is 10.6 Å². The number of hydrogen-bond acceptors (Lipinski definition) is 6. The van der Waals surface area contributed by atoms with Crippen LogP contribution in [0.4, 0.5) is 22.1 Å². The van der Waals surface area contributed by atoms with Crippen LogP contribution in [0.2, 0.25) is 0 Å². The number of aromatic nitrogens is 3. The van der Waals surface area contributed by atoms with Gasteiger partial charge in [-0.15, -0.1) is 0 Å². The van der Waals surface area contributed by atoms with Gasteiger partial charge in [-0.1, -0.05) is 31.2 Å². The molecule has 162 valence electrons. The fraction of sp³-hybridized carbons (Fsp3) is 0.167. The summed E-state index contributed by atoms with van der Waals surface area (Å²) in [4.78, 5) is 24.6. The second kappa shape index (κ2) is 9.30. The number of urea groups is 1. The number of fused-ring (bicyclic) bond motifs is 1. The summed E-state index contributed by atoms with van der Waals surface area (Å²) >= 11 is 0. The molecule has 0 aliphatic heterocycles. The van der Waals surface area contributed by atoms with E-state index in [0.29, 0.717) is 29.7 Å². The maximum atomic E-state index is 11.3. The number of nitrogens with zero attached hydrogens (tertiary/aromatic N) is 3. The van der Waals surface area contributed by atoms with Crippen molar-refractivity contribution >= 4 is 34.1 Å². The first kappa shape index (κ1) is 21.0. The average Bonchev–Trinajstić information content (AvgIpc) is 2.79. The lowest BCUT2D eigenvalue weighted by atomic mass is 10.1. The van der Waals surface area contributed by atoms with Gasteiger partial charge in [-0.05, 0) is 43.2 Å². The normalized spacial score (nSPS) is 10.7. The van der Waals surface area contributed by atoms with E-state index in [-0.39, 0.29) is 0 Å². The molecular formula is C24H24N6O2. The van der Waals surface area contributed by atoms with E-state index in [4.69, 9.17) is 10.5 Å². The molecule has 2 heterocycles. The summed E-state index contributed by atoms with van der Waals surface area (Å²) in [6.07, 6.45) is 4.28. The second-order valence-corrected chi connectivity index (χ2v) is 7.25. The molecule has 0 aliphatic rings. The molecule has 8 heteroatoms. The summed E-state index contributed by atoms with van der Waals surface area (Å²) < 4.78 is 6.09. The third kappa shape index (κ3) is 4.75. The number of benzene rings is 2. The molecule has 2 amide bonds. The number of amides is 2. The lowest BCUT2D eigenvalue weighted by Gasteiger charge is -2.13. The van der Waals surface area contributed by atoms with E-state index in [1.54, 1.807) is 18.5 Å². The second-order valence-electron chi connectivity index (χ2n) is 7.25. The summed E-state index contributed by atoms with van der Waals surface area (Å²) in [7, 11) is 0. The number of ether oxygens (including phenoxy) is 1. The Balaban J connectivity index is 1.51. The number of anilines is 3. The number of carbonyl (C=O) groups excluding carboxylic acids is 1. The molecule has 0 radical (unpaired) electrons. The Bertz CT molecular complexity index is 1270. The molecular weight excluding hydrogens is 404 g/mol. The number of aryl methyl sites for hydroxylation is 2. The zero-order valence-electron chi connectivity index (χ0n) is 17.9. The highest BCUT2D eigenvalue weighted by Gasteiger charge is 2.09. The number of pyridine rings is 1. The minimum absolute atomic E-state index is 0.350. The van der Waals surface area contributed by atoms with E-state index in [2.05, 4.69) is 32.5 Å². The van der Waals surface area contributed by atoms with Crippen LogP contribution in [0.25, 0.3) is 10.8 Å². The monoisotopic (exact) mass is 428 g/mol. The van der Waals surface area contributed by atoms with E-state index >= 15 is 0 Å². The summed E-state index contributed by atoms with van der Waals surface area (Å²) in [5.74, 6) is 2.02. The Morgan fingerprint density at radius 3 is 2.62 bits per heavy atom. The number of nitrogens with one attached hydrogen (secondary N) is 2. The molecule has 4 aromatic rings. The first-order chi connectivity index (χ1) is 15.5. The van der Waals surface area contributed by atoms with Gasteiger partial charge in [0, 0.05) is 17.0 Å². The first-order valence-corrected chi connectivity index (χ1v) is 10.3. The van der Waals surface area contributed by atoms with Crippen molar-refractivity contribution in [3.05, 3.63) is 77.9 Å². The molecule has 2 aromatic heterocycles. The lowest BCUT2D eigenvalue weighted by molar-refractivity contribution is 0.259. The van der Waals surface area contributed by atoms with Crippen molar-refractivity contribution in [3.8, 4) is 5.75 Å². The van der Waals surface area contributed by atoms with Crippen LogP contribution in [0.5, 0.6) is 5.75 Å². The van der Waals surface area contributed by atoms with Crippen LogP contribution in [0.1, 0.15) is 23.9 Å². The number of nitrogens with two attached hydrogens (primary N) is 1. The van der Waals surface area contributed by atoms with Crippen molar-refractivity contribution in [1.29, 1.82) is 0 Å². The molecule has 0 bridgehead atoms. The molecule has 4 N–H and O–H groups in total. The van der Waals surface area contributed by atoms with Crippen molar-refractivity contribution in [2.45, 2.75) is 26.9 Å². The molecule has 2 aromatic carbocycles. The van der Waals surface area contributed by atoms with Crippen LogP contribution < -0.4 is 21.1 Å². The summed E-state index contributed by atoms with van der Waals surface area (Å²) in [5.41, 5.74) is 8.75. The summed E-state index contributed by atoms with van der Waals surface area (Å²) in [5, 5.41) is 7.58. The van der Waals surface area contributed by atoms with E-state index < -0.39 is 6.03 Å². The molecule has 4 rings (SSSR count). The minimum Gasteiger partial charge on any atom is -0.488 e. The van der Waals surface area contributed by atoms with Crippen molar-refractivity contribution in [3.63, 3.8) is 0 Å². The van der Waals surface area contributed by atoms with Gasteiger partial charge in [-0.3, -0.25) is 4.98 Å². The third-order valence-corrected chi connectivity index (χ3v) is 5.00. The zero-order valence-corrected chi connectivity index (χ0v) is 17.9. The summed E-state index contributed by atoms with van der Waals surface area (Å²) in [6.45, 7) is 4.35. The lowest BCUT2D eigenvalue weighted by Crippen LogP contribution is -2.19. The molecule has 0 unspecified atom stereocenters. The van der Waals surface area contributed by atoms with Crippen LogP contribution >= 0.6 is 0 Å². The third-order valence-electron chi connectivity index (χ3n) is 5.00. The number of carbonyl (C=O) groups is 1. The van der Waals surface area contributed by atoms with Crippen molar-refractivity contribution in [2.24, 2.45) is 5.73 Å².